The van der Waals surface area contributed by atoms with Crippen LogP contribution in [-0.2, 0) is 6.54 Å². The number of benzene rings is 1. The lowest BCUT2D eigenvalue weighted by Gasteiger charge is -2.32. The molecule has 2 aromatic heterocycles. The van der Waals surface area contributed by atoms with E-state index in [9.17, 15) is 4.79 Å². The zero-order valence-electron chi connectivity index (χ0n) is 16.6. The first-order chi connectivity index (χ1) is 13.6. The number of likely N-dealkylation sites (N-methyl/N-ethyl adjacent to an activating group) is 1. The summed E-state index contributed by atoms with van der Waals surface area (Å²) in [6.07, 6.45) is 7.56. The Hall–Kier alpha value is -2.73. The van der Waals surface area contributed by atoms with Crippen LogP contribution in [0.3, 0.4) is 0 Å². The maximum Gasteiger partial charge on any atom is 0.255 e. The molecule has 4 rings (SSSR count). The van der Waals surface area contributed by atoms with Crippen molar-refractivity contribution in [3.63, 3.8) is 0 Å². The van der Waals surface area contributed by atoms with Gasteiger partial charge in [-0.3, -0.25) is 9.78 Å². The molecule has 6 heteroatoms. The van der Waals surface area contributed by atoms with Crippen molar-refractivity contribution in [1.82, 2.24) is 24.3 Å². The van der Waals surface area contributed by atoms with Crippen molar-refractivity contribution in [3.05, 3.63) is 60.3 Å². The third-order valence-corrected chi connectivity index (χ3v) is 5.52. The summed E-state index contributed by atoms with van der Waals surface area (Å²) in [5.41, 5.74) is 1.59. The van der Waals surface area contributed by atoms with Gasteiger partial charge in [0.2, 0.25) is 0 Å². The van der Waals surface area contributed by atoms with Gasteiger partial charge < -0.3 is 14.4 Å². The van der Waals surface area contributed by atoms with E-state index in [4.69, 9.17) is 0 Å². The molecule has 3 heterocycles. The molecule has 1 aliphatic rings. The Morgan fingerprint density at radius 2 is 1.96 bits per heavy atom. The molecule has 0 bridgehead atoms. The van der Waals surface area contributed by atoms with Crippen LogP contribution in [0.15, 0.2) is 48.9 Å². The maximum absolute atomic E-state index is 12.9. The van der Waals surface area contributed by atoms with Gasteiger partial charge in [0.15, 0.2) is 0 Å². The molecule has 0 unspecified atom stereocenters. The second-order valence-electron chi connectivity index (χ2n) is 7.77. The second-order valence-corrected chi connectivity index (χ2v) is 7.77. The lowest BCUT2D eigenvalue weighted by Crippen LogP contribution is -2.38. The third-order valence-electron chi connectivity index (χ3n) is 5.52. The zero-order valence-corrected chi connectivity index (χ0v) is 16.6. The number of para-hydroxylation sites is 1. The number of rotatable bonds is 5. The van der Waals surface area contributed by atoms with E-state index >= 15 is 0 Å². The lowest BCUT2D eigenvalue weighted by atomic mass is 9.95. The number of imidazole rings is 1. The topological polar surface area (TPSA) is 54.3 Å². The molecule has 1 fully saturated rings. The molecule has 3 aromatic rings. The summed E-state index contributed by atoms with van der Waals surface area (Å²) >= 11 is 0. The van der Waals surface area contributed by atoms with Gasteiger partial charge in [-0.25, -0.2) is 4.98 Å². The number of pyridine rings is 1. The molecule has 0 saturated carbocycles. The Kier molecular flexibility index (Phi) is 5.39. The zero-order chi connectivity index (χ0) is 19.5. The maximum atomic E-state index is 12.9. The van der Waals surface area contributed by atoms with E-state index in [0.717, 1.165) is 55.7 Å². The van der Waals surface area contributed by atoms with E-state index in [-0.39, 0.29) is 5.91 Å². The molecule has 0 radical (unpaired) electrons. The van der Waals surface area contributed by atoms with Gasteiger partial charge >= 0.3 is 0 Å². The first-order valence-electron chi connectivity index (χ1n) is 9.91. The SMILES string of the molecule is CN(C)CCn1ccnc1C1CCN(C(=O)c2cnc3ccccc3c2)CC1. The second kappa shape index (κ2) is 8.10. The van der Waals surface area contributed by atoms with Gasteiger partial charge in [-0.15, -0.1) is 0 Å². The van der Waals surface area contributed by atoms with E-state index in [1.807, 2.05) is 41.4 Å². The van der Waals surface area contributed by atoms with Crippen LogP contribution in [0.2, 0.25) is 0 Å². The molecule has 0 N–H and O–H groups in total. The van der Waals surface area contributed by atoms with E-state index in [1.165, 1.54) is 0 Å². The van der Waals surface area contributed by atoms with E-state index in [0.29, 0.717) is 11.5 Å². The molecule has 28 heavy (non-hydrogen) atoms. The van der Waals surface area contributed by atoms with Crippen LogP contribution in [0.5, 0.6) is 0 Å². The first-order valence-corrected chi connectivity index (χ1v) is 9.91. The van der Waals surface area contributed by atoms with Gasteiger partial charge in [-0.1, -0.05) is 18.2 Å². The predicted molar refractivity (Wildman–Crippen MR) is 110 cm³/mol. The number of carbonyl (C=O) groups excluding carboxylic acids is 1. The van der Waals surface area contributed by atoms with Gasteiger partial charge in [0, 0.05) is 56.1 Å². The van der Waals surface area contributed by atoms with Crippen LogP contribution in [0.1, 0.15) is 34.9 Å². The van der Waals surface area contributed by atoms with Gasteiger partial charge in [0.05, 0.1) is 11.1 Å². The van der Waals surface area contributed by atoms with Crippen LogP contribution in [0, 0.1) is 0 Å². The van der Waals surface area contributed by atoms with Crippen LogP contribution >= 0.6 is 0 Å². The lowest BCUT2D eigenvalue weighted by molar-refractivity contribution is 0.0710. The van der Waals surface area contributed by atoms with Crippen molar-refractivity contribution in [3.8, 4) is 0 Å². The number of fused-ring (bicyclic) bond motifs is 1. The highest BCUT2D eigenvalue weighted by Crippen LogP contribution is 2.28. The predicted octanol–water partition coefficient (Wildman–Crippen LogP) is 3.01. The Morgan fingerprint density at radius 1 is 1.18 bits per heavy atom. The summed E-state index contributed by atoms with van der Waals surface area (Å²) in [5, 5.41) is 1.01. The fourth-order valence-electron chi connectivity index (χ4n) is 3.89. The smallest absolute Gasteiger partial charge is 0.255 e. The highest BCUT2D eigenvalue weighted by atomic mass is 16.2. The van der Waals surface area contributed by atoms with Crippen molar-refractivity contribution < 1.29 is 4.79 Å². The Bertz CT molecular complexity index is 956. The van der Waals surface area contributed by atoms with Gasteiger partial charge in [0.1, 0.15) is 5.82 Å². The van der Waals surface area contributed by atoms with Crippen LogP contribution in [0.25, 0.3) is 10.9 Å². The summed E-state index contributed by atoms with van der Waals surface area (Å²) in [4.78, 5) is 26.1. The van der Waals surface area contributed by atoms with E-state index in [1.54, 1.807) is 6.20 Å². The fourth-order valence-corrected chi connectivity index (χ4v) is 3.89. The summed E-state index contributed by atoms with van der Waals surface area (Å²) < 4.78 is 2.26. The fraction of sp³-hybridized carbons (Fsp3) is 0.409. The summed E-state index contributed by atoms with van der Waals surface area (Å²) in [7, 11) is 4.17. The molecule has 1 aromatic carbocycles. The molecule has 146 valence electrons. The molecule has 1 amide bonds. The number of likely N-dealkylation sites (tertiary alicyclic amines) is 1. The van der Waals surface area contributed by atoms with Crippen LogP contribution in [-0.4, -0.2) is 64.0 Å². The number of hydrogen-bond acceptors (Lipinski definition) is 4. The molecular formula is C22H27N5O. The van der Waals surface area contributed by atoms with Crippen LogP contribution in [0.4, 0.5) is 0 Å². The summed E-state index contributed by atoms with van der Waals surface area (Å²) in [5.74, 6) is 1.64. The van der Waals surface area contributed by atoms with Crippen molar-refractivity contribution in [2.45, 2.75) is 25.3 Å². The Labute approximate surface area is 165 Å². The third kappa shape index (κ3) is 3.92. The molecular weight excluding hydrogens is 350 g/mol. The number of nitrogens with zero attached hydrogens (tertiary/aromatic N) is 5. The van der Waals surface area contributed by atoms with Crippen molar-refractivity contribution in [2.75, 3.05) is 33.7 Å². The standard InChI is InChI=1S/C22H27N5O/c1-25(2)13-14-26-12-9-23-21(26)17-7-10-27(11-8-17)22(28)19-15-18-5-3-4-6-20(18)24-16-19/h3-6,9,12,15-17H,7-8,10-11,13-14H2,1-2H3. The molecule has 1 saturated heterocycles. The minimum atomic E-state index is 0.0765. The quantitative estimate of drug-likeness (QED) is 0.686. The number of amides is 1. The number of piperidine rings is 1. The minimum absolute atomic E-state index is 0.0765. The normalized spacial score (nSPS) is 15.5. The molecule has 1 aliphatic heterocycles. The van der Waals surface area contributed by atoms with Gasteiger partial charge in [0.25, 0.3) is 5.91 Å². The van der Waals surface area contributed by atoms with E-state index in [2.05, 4.69) is 39.7 Å². The number of aromatic nitrogens is 3. The van der Waals surface area contributed by atoms with Crippen molar-refractivity contribution in [2.24, 2.45) is 0 Å². The highest BCUT2D eigenvalue weighted by Gasteiger charge is 2.27. The monoisotopic (exact) mass is 377 g/mol. The number of hydrogen-bond donors (Lipinski definition) is 0. The average Bonchev–Trinajstić information content (AvgIpc) is 3.20. The minimum Gasteiger partial charge on any atom is -0.339 e. The molecule has 0 spiro atoms. The summed E-state index contributed by atoms with van der Waals surface area (Å²) in [6.45, 7) is 3.47. The van der Waals surface area contributed by atoms with E-state index < -0.39 is 0 Å². The first kappa shape index (κ1) is 18.6. The molecule has 6 nitrogen and oxygen atoms in total. The molecule has 0 atom stereocenters. The van der Waals surface area contributed by atoms with Crippen LogP contribution < -0.4 is 0 Å². The van der Waals surface area contributed by atoms with Crippen molar-refractivity contribution in [1.29, 1.82) is 0 Å². The Morgan fingerprint density at radius 3 is 2.75 bits per heavy atom. The summed E-state index contributed by atoms with van der Waals surface area (Å²) in [6, 6.07) is 9.85. The average molecular weight is 377 g/mol. The largest absolute Gasteiger partial charge is 0.339 e. The number of carbonyl (C=O) groups is 1. The molecule has 0 aliphatic carbocycles. The van der Waals surface area contributed by atoms with Gasteiger partial charge in [-0.05, 0) is 39.1 Å². The van der Waals surface area contributed by atoms with Crippen molar-refractivity contribution >= 4 is 16.8 Å². The highest BCUT2D eigenvalue weighted by molar-refractivity contribution is 5.97. The van der Waals surface area contributed by atoms with Gasteiger partial charge in [-0.2, -0.15) is 0 Å². The Balaban J connectivity index is 1.41.